The molecule has 4 rings (SSSR count). The third kappa shape index (κ3) is 2.09. The van der Waals surface area contributed by atoms with Crippen LogP contribution in [0.4, 0.5) is 0 Å². The maximum absolute atomic E-state index is 9.12. The van der Waals surface area contributed by atoms with Crippen molar-refractivity contribution in [1.29, 1.82) is 5.26 Å². The average Bonchev–Trinajstić information content (AvgIpc) is 3.16. The molecule has 2 aromatic heterocycles. The van der Waals surface area contributed by atoms with Crippen LogP contribution in [0, 0.1) is 11.3 Å². The Kier molecular flexibility index (Phi) is 3.17. The van der Waals surface area contributed by atoms with Crippen LogP contribution in [0.5, 0.6) is 0 Å². The van der Waals surface area contributed by atoms with Crippen molar-refractivity contribution < 1.29 is 0 Å². The van der Waals surface area contributed by atoms with Crippen molar-refractivity contribution in [2.24, 2.45) is 0 Å². The van der Waals surface area contributed by atoms with E-state index in [1.54, 1.807) is 12.4 Å². The molecule has 22 heavy (non-hydrogen) atoms. The van der Waals surface area contributed by atoms with E-state index in [0.717, 1.165) is 34.7 Å². The molecular weight excluding hydrogens is 292 g/mol. The first-order valence-electron chi connectivity index (χ1n) is 7.01. The lowest BCUT2D eigenvalue weighted by Crippen LogP contribution is -1.95. The summed E-state index contributed by atoms with van der Waals surface area (Å²) in [6.07, 6.45) is 3.60. The zero-order chi connectivity index (χ0) is 14.9. The van der Waals surface area contributed by atoms with E-state index in [9.17, 15) is 0 Å². The predicted octanol–water partition coefficient (Wildman–Crippen LogP) is 3.59. The molecule has 0 bridgehead atoms. The fraction of sp³-hybridized carbons (Fsp3) is 0.118. The van der Waals surface area contributed by atoms with Crippen molar-refractivity contribution in [2.45, 2.75) is 11.6 Å². The second-order valence-electron chi connectivity index (χ2n) is 5.03. The maximum Gasteiger partial charge on any atom is 0.103 e. The average molecular weight is 304 g/mol. The Morgan fingerprint density at radius 2 is 2.00 bits per heavy atom. The van der Waals surface area contributed by atoms with Crippen LogP contribution in [-0.2, 0) is 6.54 Å². The lowest BCUT2D eigenvalue weighted by Gasteiger charge is -2.05. The molecular formula is C17H12N4S. The smallest absolute Gasteiger partial charge is 0.103 e. The van der Waals surface area contributed by atoms with Gasteiger partial charge in [-0.1, -0.05) is 12.1 Å². The Morgan fingerprint density at radius 1 is 1.14 bits per heavy atom. The van der Waals surface area contributed by atoms with Gasteiger partial charge < -0.3 is 0 Å². The molecule has 1 aliphatic rings. The van der Waals surface area contributed by atoms with Crippen LogP contribution < -0.4 is 0 Å². The van der Waals surface area contributed by atoms with Gasteiger partial charge in [-0.15, -0.1) is 11.8 Å². The first-order valence-corrected chi connectivity index (χ1v) is 8.00. The number of nitrogens with zero attached hydrogens (tertiary/aromatic N) is 4. The first-order chi connectivity index (χ1) is 10.9. The summed E-state index contributed by atoms with van der Waals surface area (Å²) in [4.78, 5) is 4.10. The summed E-state index contributed by atoms with van der Waals surface area (Å²) in [5, 5.41) is 15.1. The molecule has 0 N–H and O–H groups in total. The van der Waals surface area contributed by atoms with E-state index in [0.29, 0.717) is 5.56 Å². The highest BCUT2D eigenvalue weighted by atomic mass is 32.2. The summed E-state index contributed by atoms with van der Waals surface area (Å²) < 4.78 is 2.06. The summed E-state index contributed by atoms with van der Waals surface area (Å²) in [7, 11) is 0. The van der Waals surface area contributed by atoms with Crippen molar-refractivity contribution in [2.75, 3.05) is 5.75 Å². The van der Waals surface area contributed by atoms with Crippen molar-refractivity contribution >= 4 is 11.8 Å². The van der Waals surface area contributed by atoms with Crippen molar-refractivity contribution in [3.63, 3.8) is 0 Å². The standard InChI is InChI=1S/C17H12N4S/c18-11-12-2-1-3-14(10-12)16-15(13-4-6-19-7-5-13)17-21(20-16)8-9-22-17/h1-7,10H,8-9H2. The van der Waals surface area contributed by atoms with Crippen LogP contribution in [0.3, 0.4) is 0 Å². The van der Waals surface area contributed by atoms with Gasteiger partial charge in [-0.2, -0.15) is 10.4 Å². The summed E-state index contributed by atoms with van der Waals surface area (Å²) >= 11 is 1.83. The highest BCUT2D eigenvalue weighted by molar-refractivity contribution is 7.99. The molecule has 0 radical (unpaired) electrons. The number of hydrogen-bond acceptors (Lipinski definition) is 4. The number of aromatic nitrogens is 3. The van der Waals surface area contributed by atoms with Crippen LogP contribution >= 0.6 is 11.8 Å². The summed E-state index contributed by atoms with van der Waals surface area (Å²) in [6.45, 7) is 0.927. The number of hydrogen-bond donors (Lipinski definition) is 0. The second-order valence-corrected chi connectivity index (χ2v) is 6.11. The molecule has 4 nitrogen and oxygen atoms in total. The van der Waals surface area contributed by atoms with E-state index < -0.39 is 0 Å². The fourth-order valence-corrected chi connectivity index (χ4v) is 3.79. The number of nitriles is 1. The minimum absolute atomic E-state index is 0.652. The van der Waals surface area contributed by atoms with Gasteiger partial charge in [0.15, 0.2) is 0 Å². The molecule has 3 heterocycles. The second kappa shape index (κ2) is 5.32. The Bertz CT molecular complexity index is 877. The number of rotatable bonds is 2. The molecule has 3 aromatic rings. The van der Waals surface area contributed by atoms with Crippen LogP contribution in [0.25, 0.3) is 22.4 Å². The van der Waals surface area contributed by atoms with Gasteiger partial charge in [0.1, 0.15) is 10.7 Å². The third-order valence-electron chi connectivity index (χ3n) is 3.68. The van der Waals surface area contributed by atoms with Gasteiger partial charge in [0, 0.05) is 29.3 Å². The van der Waals surface area contributed by atoms with E-state index in [2.05, 4.69) is 15.7 Å². The minimum atomic E-state index is 0.652. The first kappa shape index (κ1) is 13.1. The maximum atomic E-state index is 9.12. The van der Waals surface area contributed by atoms with E-state index in [4.69, 9.17) is 10.4 Å². The summed E-state index contributed by atoms with van der Waals surface area (Å²) in [5.41, 5.74) is 4.82. The number of fused-ring (bicyclic) bond motifs is 1. The van der Waals surface area contributed by atoms with Gasteiger partial charge in [0.05, 0.1) is 18.2 Å². The molecule has 0 unspecified atom stereocenters. The predicted molar refractivity (Wildman–Crippen MR) is 86.3 cm³/mol. The van der Waals surface area contributed by atoms with Crippen molar-refractivity contribution in [3.8, 4) is 28.5 Å². The Balaban J connectivity index is 1.95. The van der Waals surface area contributed by atoms with Gasteiger partial charge in [0.25, 0.3) is 0 Å². The number of pyridine rings is 1. The molecule has 0 saturated carbocycles. The molecule has 106 valence electrons. The number of benzene rings is 1. The quantitative estimate of drug-likeness (QED) is 0.726. The topological polar surface area (TPSA) is 54.5 Å². The van der Waals surface area contributed by atoms with Crippen LogP contribution in [0.15, 0.2) is 53.8 Å². The van der Waals surface area contributed by atoms with Crippen LogP contribution in [0.1, 0.15) is 5.56 Å². The van der Waals surface area contributed by atoms with Crippen molar-refractivity contribution in [3.05, 3.63) is 54.4 Å². The SMILES string of the molecule is N#Cc1cccc(-c2nn3c(c2-c2ccncc2)SCC3)c1. The molecule has 0 fully saturated rings. The number of aryl methyl sites for hydroxylation is 1. The van der Waals surface area contributed by atoms with E-state index in [1.807, 2.05) is 48.2 Å². The van der Waals surface area contributed by atoms with Gasteiger partial charge in [-0.25, -0.2) is 0 Å². The van der Waals surface area contributed by atoms with E-state index in [1.165, 1.54) is 5.03 Å². The van der Waals surface area contributed by atoms with Gasteiger partial charge in [-0.3, -0.25) is 9.67 Å². The molecule has 0 atom stereocenters. The van der Waals surface area contributed by atoms with E-state index >= 15 is 0 Å². The summed E-state index contributed by atoms with van der Waals surface area (Å²) in [5.74, 6) is 1.05. The Labute approximate surface area is 132 Å². The lowest BCUT2D eigenvalue weighted by molar-refractivity contribution is 0.636. The largest absolute Gasteiger partial charge is 0.265 e. The molecule has 0 aliphatic carbocycles. The van der Waals surface area contributed by atoms with Gasteiger partial charge in [0.2, 0.25) is 0 Å². The summed E-state index contributed by atoms with van der Waals surface area (Å²) in [6, 6.07) is 13.8. The van der Waals surface area contributed by atoms with Crippen LogP contribution in [0.2, 0.25) is 0 Å². The molecule has 0 spiro atoms. The highest BCUT2D eigenvalue weighted by Crippen LogP contribution is 2.42. The Hall–Kier alpha value is -2.58. The molecule has 1 aromatic carbocycles. The molecule has 0 saturated heterocycles. The lowest BCUT2D eigenvalue weighted by atomic mass is 10.0. The van der Waals surface area contributed by atoms with E-state index in [-0.39, 0.29) is 0 Å². The zero-order valence-electron chi connectivity index (χ0n) is 11.7. The molecule has 1 aliphatic heterocycles. The van der Waals surface area contributed by atoms with Crippen molar-refractivity contribution in [1.82, 2.24) is 14.8 Å². The van der Waals surface area contributed by atoms with Gasteiger partial charge in [-0.05, 0) is 29.8 Å². The zero-order valence-corrected chi connectivity index (χ0v) is 12.5. The number of thioether (sulfide) groups is 1. The molecule has 5 heteroatoms. The highest BCUT2D eigenvalue weighted by Gasteiger charge is 2.24. The fourth-order valence-electron chi connectivity index (χ4n) is 2.69. The molecule has 0 amide bonds. The van der Waals surface area contributed by atoms with Gasteiger partial charge >= 0.3 is 0 Å². The monoisotopic (exact) mass is 304 g/mol. The minimum Gasteiger partial charge on any atom is -0.265 e. The Morgan fingerprint density at radius 3 is 2.82 bits per heavy atom. The van der Waals surface area contributed by atoms with Crippen LogP contribution in [-0.4, -0.2) is 20.5 Å². The normalized spacial score (nSPS) is 12.9. The third-order valence-corrected chi connectivity index (χ3v) is 4.76.